The number of carboxylic acid groups (broad SMARTS) is 1. The summed E-state index contributed by atoms with van der Waals surface area (Å²) in [7, 11) is 0. The van der Waals surface area contributed by atoms with Gasteiger partial charge in [-0.05, 0) is 6.07 Å². The molecule has 0 aliphatic carbocycles. The molecule has 0 aliphatic rings. The Balaban J connectivity index is 2.52. The molecule has 0 amide bonds. The predicted octanol–water partition coefficient (Wildman–Crippen LogP) is 0.819. The molecule has 6 nitrogen and oxygen atoms in total. The Hall–Kier alpha value is -2.50. The van der Waals surface area contributed by atoms with Gasteiger partial charge in [0.15, 0.2) is 0 Å². The summed E-state index contributed by atoms with van der Waals surface area (Å²) in [5, 5.41) is 8.89. The number of aromatic carboxylic acids is 1. The topological polar surface area (TPSA) is 102 Å². The molecule has 0 saturated carbocycles. The lowest BCUT2D eigenvalue weighted by atomic mass is 10.1. The standard InChI is InChI=1S/C10H8N4O2/c11-9-8(10(15)16)1-6(4-14-9)7-2-12-5-13-3-7/h1-5H,(H2,11,14)(H,15,16). The molecule has 0 spiro atoms. The lowest BCUT2D eigenvalue weighted by Crippen LogP contribution is -2.04. The van der Waals surface area contributed by atoms with Gasteiger partial charge in [0.05, 0.1) is 0 Å². The van der Waals surface area contributed by atoms with Crippen LogP contribution in [-0.4, -0.2) is 26.0 Å². The van der Waals surface area contributed by atoms with Crippen molar-refractivity contribution in [3.05, 3.63) is 36.5 Å². The van der Waals surface area contributed by atoms with Crippen LogP contribution in [0.1, 0.15) is 10.4 Å². The molecule has 0 aliphatic heterocycles. The van der Waals surface area contributed by atoms with Crippen LogP contribution in [0.3, 0.4) is 0 Å². The first kappa shape index (κ1) is 10.0. The van der Waals surface area contributed by atoms with E-state index in [4.69, 9.17) is 10.8 Å². The summed E-state index contributed by atoms with van der Waals surface area (Å²) in [6.45, 7) is 0. The van der Waals surface area contributed by atoms with E-state index in [-0.39, 0.29) is 11.4 Å². The number of nitrogens with two attached hydrogens (primary N) is 1. The molecule has 6 heteroatoms. The molecule has 0 aromatic carbocycles. The molecule has 0 radical (unpaired) electrons. The summed E-state index contributed by atoms with van der Waals surface area (Å²) in [6, 6.07) is 1.45. The second-order valence-electron chi connectivity index (χ2n) is 3.09. The second kappa shape index (κ2) is 3.93. The average Bonchev–Trinajstić information content (AvgIpc) is 2.30. The molecular formula is C10H8N4O2. The second-order valence-corrected chi connectivity index (χ2v) is 3.09. The van der Waals surface area contributed by atoms with Crippen LogP contribution in [0.15, 0.2) is 31.0 Å². The third-order valence-corrected chi connectivity index (χ3v) is 2.04. The number of carbonyl (C=O) groups is 1. The van der Waals surface area contributed by atoms with Crippen LogP contribution in [0, 0.1) is 0 Å². The highest BCUT2D eigenvalue weighted by Crippen LogP contribution is 2.20. The fourth-order valence-corrected chi connectivity index (χ4v) is 1.25. The molecule has 2 aromatic heterocycles. The van der Waals surface area contributed by atoms with Gasteiger partial charge in [-0.3, -0.25) is 0 Å². The van der Waals surface area contributed by atoms with Gasteiger partial charge in [-0.2, -0.15) is 0 Å². The molecule has 16 heavy (non-hydrogen) atoms. The Labute approximate surface area is 90.8 Å². The number of carboxylic acids is 1. The minimum Gasteiger partial charge on any atom is -0.478 e. The van der Waals surface area contributed by atoms with Crippen LogP contribution in [0.4, 0.5) is 5.82 Å². The van der Waals surface area contributed by atoms with Gasteiger partial charge in [-0.25, -0.2) is 19.7 Å². The van der Waals surface area contributed by atoms with E-state index in [1.165, 1.54) is 18.6 Å². The van der Waals surface area contributed by atoms with Crippen molar-refractivity contribution in [3.63, 3.8) is 0 Å². The maximum absolute atomic E-state index is 10.9. The molecule has 3 N–H and O–H groups in total. The zero-order chi connectivity index (χ0) is 11.5. The quantitative estimate of drug-likeness (QED) is 0.770. The molecule has 0 atom stereocenters. The van der Waals surface area contributed by atoms with Gasteiger partial charge in [0, 0.05) is 29.7 Å². The summed E-state index contributed by atoms with van der Waals surface area (Å²) in [4.78, 5) is 22.4. The van der Waals surface area contributed by atoms with E-state index in [9.17, 15) is 4.79 Å². The molecule has 0 saturated heterocycles. The van der Waals surface area contributed by atoms with Crippen LogP contribution in [0.25, 0.3) is 11.1 Å². The molecule has 2 heterocycles. The minimum atomic E-state index is -1.11. The van der Waals surface area contributed by atoms with Crippen molar-refractivity contribution in [2.75, 3.05) is 5.73 Å². The van der Waals surface area contributed by atoms with Crippen LogP contribution in [0.5, 0.6) is 0 Å². The highest BCUT2D eigenvalue weighted by molar-refractivity contribution is 5.93. The van der Waals surface area contributed by atoms with Crippen molar-refractivity contribution < 1.29 is 9.90 Å². The van der Waals surface area contributed by atoms with E-state index < -0.39 is 5.97 Å². The van der Waals surface area contributed by atoms with Gasteiger partial charge in [0.2, 0.25) is 0 Å². The van der Waals surface area contributed by atoms with E-state index in [2.05, 4.69) is 15.0 Å². The lowest BCUT2D eigenvalue weighted by molar-refractivity contribution is 0.0698. The smallest absolute Gasteiger partial charge is 0.339 e. The monoisotopic (exact) mass is 216 g/mol. The number of hydrogen-bond donors (Lipinski definition) is 2. The summed E-state index contributed by atoms with van der Waals surface area (Å²) in [5.74, 6) is -1.11. The Morgan fingerprint density at radius 3 is 2.50 bits per heavy atom. The van der Waals surface area contributed by atoms with Crippen LogP contribution in [0.2, 0.25) is 0 Å². The van der Waals surface area contributed by atoms with Gasteiger partial charge in [0.1, 0.15) is 17.7 Å². The summed E-state index contributed by atoms with van der Waals surface area (Å²) >= 11 is 0. The number of nitrogen functional groups attached to an aromatic ring is 1. The van der Waals surface area contributed by atoms with Gasteiger partial charge < -0.3 is 10.8 Å². The largest absolute Gasteiger partial charge is 0.478 e. The van der Waals surface area contributed by atoms with Crippen molar-refractivity contribution in [1.82, 2.24) is 15.0 Å². The van der Waals surface area contributed by atoms with Gasteiger partial charge >= 0.3 is 5.97 Å². The van der Waals surface area contributed by atoms with Crippen molar-refractivity contribution >= 4 is 11.8 Å². The highest BCUT2D eigenvalue weighted by atomic mass is 16.4. The normalized spacial score (nSPS) is 10.0. The average molecular weight is 216 g/mol. The summed E-state index contributed by atoms with van der Waals surface area (Å²) < 4.78 is 0. The number of hydrogen-bond acceptors (Lipinski definition) is 5. The molecule has 2 rings (SSSR count). The molecule has 0 bridgehead atoms. The zero-order valence-corrected chi connectivity index (χ0v) is 8.16. The lowest BCUT2D eigenvalue weighted by Gasteiger charge is -2.03. The van der Waals surface area contributed by atoms with Gasteiger partial charge in [0.25, 0.3) is 0 Å². The molecule has 0 fully saturated rings. The van der Waals surface area contributed by atoms with Crippen molar-refractivity contribution in [1.29, 1.82) is 0 Å². The SMILES string of the molecule is Nc1ncc(-c2cncnc2)cc1C(=O)O. The van der Waals surface area contributed by atoms with Crippen LogP contribution in [-0.2, 0) is 0 Å². The first-order chi connectivity index (χ1) is 7.68. The third-order valence-electron chi connectivity index (χ3n) is 2.04. The Morgan fingerprint density at radius 2 is 1.88 bits per heavy atom. The van der Waals surface area contributed by atoms with E-state index in [1.54, 1.807) is 12.4 Å². The van der Waals surface area contributed by atoms with Crippen molar-refractivity contribution in [2.24, 2.45) is 0 Å². The van der Waals surface area contributed by atoms with Gasteiger partial charge in [-0.1, -0.05) is 0 Å². The molecular weight excluding hydrogens is 208 g/mol. The fourth-order valence-electron chi connectivity index (χ4n) is 1.25. The maximum Gasteiger partial charge on any atom is 0.339 e. The number of pyridine rings is 1. The number of rotatable bonds is 2. The van der Waals surface area contributed by atoms with Crippen LogP contribution < -0.4 is 5.73 Å². The summed E-state index contributed by atoms with van der Waals surface area (Å²) in [6.07, 6.45) is 6.03. The molecule has 0 unspecified atom stereocenters. The first-order valence-electron chi connectivity index (χ1n) is 4.42. The van der Waals surface area contributed by atoms with E-state index in [0.717, 1.165) is 0 Å². The fraction of sp³-hybridized carbons (Fsp3) is 0. The van der Waals surface area contributed by atoms with E-state index in [0.29, 0.717) is 11.1 Å². The van der Waals surface area contributed by atoms with E-state index in [1.807, 2.05) is 0 Å². The Bertz CT molecular complexity index is 528. The third kappa shape index (κ3) is 1.81. The number of nitrogens with zero attached hydrogens (tertiary/aromatic N) is 3. The van der Waals surface area contributed by atoms with Gasteiger partial charge in [-0.15, -0.1) is 0 Å². The van der Waals surface area contributed by atoms with Crippen molar-refractivity contribution in [3.8, 4) is 11.1 Å². The van der Waals surface area contributed by atoms with E-state index >= 15 is 0 Å². The highest BCUT2D eigenvalue weighted by Gasteiger charge is 2.10. The maximum atomic E-state index is 10.9. The number of anilines is 1. The Morgan fingerprint density at radius 1 is 1.19 bits per heavy atom. The first-order valence-corrected chi connectivity index (χ1v) is 4.42. The minimum absolute atomic E-state index is 0.00639. The summed E-state index contributed by atoms with van der Waals surface area (Å²) in [5.41, 5.74) is 6.73. The number of aromatic nitrogens is 3. The predicted molar refractivity (Wildman–Crippen MR) is 56.6 cm³/mol. The zero-order valence-electron chi connectivity index (χ0n) is 8.16. The molecule has 2 aromatic rings. The molecule has 80 valence electrons. The Kier molecular flexibility index (Phi) is 2.47. The van der Waals surface area contributed by atoms with Crippen molar-refractivity contribution in [2.45, 2.75) is 0 Å². The van der Waals surface area contributed by atoms with Crippen LogP contribution >= 0.6 is 0 Å².